The van der Waals surface area contributed by atoms with Crippen molar-refractivity contribution in [2.45, 2.75) is 51.6 Å². The second-order valence-corrected chi connectivity index (χ2v) is 12.3. The van der Waals surface area contributed by atoms with Crippen LogP contribution in [-0.2, 0) is 26.2 Å². The zero-order valence-corrected chi connectivity index (χ0v) is 26.4. The monoisotopic (exact) mass is 615 g/mol. The SMILES string of the molecule is CCCNC(=O)[C@H](C)N(Cc1ccc(Cl)cc1)C(=O)CN(c1cc(C)cc(C)c1)S(=O)(=O)c1ccc(OC)c(OC)c1. The van der Waals surface area contributed by atoms with E-state index in [0.29, 0.717) is 23.0 Å². The van der Waals surface area contributed by atoms with E-state index in [1.807, 2.05) is 26.8 Å². The van der Waals surface area contributed by atoms with Crippen molar-refractivity contribution in [3.05, 3.63) is 82.4 Å². The number of hydrogen-bond acceptors (Lipinski definition) is 6. The highest BCUT2D eigenvalue weighted by Crippen LogP contribution is 2.33. The summed E-state index contributed by atoms with van der Waals surface area (Å²) in [6.45, 7) is 7.25. The summed E-state index contributed by atoms with van der Waals surface area (Å²) in [6, 6.07) is 15.7. The molecule has 0 bridgehead atoms. The number of halogens is 1. The van der Waals surface area contributed by atoms with Gasteiger partial charge in [-0.25, -0.2) is 8.42 Å². The van der Waals surface area contributed by atoms with E-state index >= 15 is 0 Å². The van der Waals surface area contributed by atoms with E-state index in [1.165, 1.54) is 37.3 Å². The van der Waals surface area contributed by atoms with Gasteiger partial charge in [0.1, 0.15) is 12.6 Å². The third-order valence-corrected chi connectivity index (χ3v) is 8.72. The number of amides is 2. The van der Waals surface area contributed by atoms with E-state index in [-0.39, 0.29) is 23.1 Å². The van der Waals surface area contributed by atoms with Gasteiger partial charge < -0.3 is 19.7 Å². The summed E-state index contributed by atoms with van der Waals surface area (Å²) >= 11 is 6.06. The Labute approximate surface area is 253 Å². The maximum absolute atomic E-state index is 14.2. The normalized spacial score (nSPS) is 11.9. The molecule has 1 N–H and O–H groups in total. The van der Waals surface area contributed by atoms with Crippen molar-refractivity contribution in [2.24, 2.45) is 0 Å². The number of nitrogens with zero attached hydrogens (tertiary/aromatic N) is 2. The molecule has 3 aromatic carbocycles. The van der Waals surface area contributed by atoms with Gasteiger partial charge in [0.15, 0.2) is 11.5 Å². The number of methoxy groups -OCH3 is 2. The summed E-state index contributed by atoms with van der Waals surface area (Å²) in [5, 5.41) is 3.36. The maximum Gasteiger partial charge on any atom is 0.264 e. The standard InChI is InChI=1S/C31H38ClN3O6S/c1-7-14-33-31(37)23(4)34(19-24-8-10-25(32)11-9-24)30(36)20-35(26-16-21(2)15-22(3)17-26)42(38,39)27-12-13-28(40-5)29(18-27)41-6/h8-13,15-18,23H,7,14,19-20H2,1-6H3,(H,33,37)/t23-/m0/s1. The minimum Gasteiger partial charge on any atom is -0.493 e. The Morgan fingerprint density at radius 1 is 0.929 bits per heavy atom. The molecule has 0 saturated carbocycles. The zero-order chi connectivity index (χ0) is 31.0. The van der Waals surface area contributed by atoms with Crippen LogP contribution in [0, 0.1) is 13.8 Å². The highest BCUT2D eigenvalue weighted by atomic mass is 35.5. The second kappa shape index (κ2) is 14.4. The van der Waals surface area contributed by atoms with Gasteiger partial charge in [0, 0.05) is 24.2 Å². The van der Waals surface area contributed by atoms with Crippen molar-refractivity contribution >= 4 is 39.1 Å². The number of ether oxygens (including phenoxy) is 2. The van der Waals surface area contributed by atoms with Crippen molar-refractivity contribution in [2.75, 3.05) is 31.6 Å². The summed E-state index contributed by atoms with van der Waals surface area (Å²) in [7, 11) is -1.41. The molecule has 9 nitrogen and oxygen atoms in total. The lowest BCUT2D eigenvalue weighted by Crippen LogP contribution is -2.51. The summed E-state index contributed by atoms with van der Waals surface area (Å²) in [4.78, 5) is 28.4. The quantitative estimate of drug-likeness (QED) is 0.286. The molecule has 226 valence electrons. The molecule has 2 amide bonds. The van der Waals surface area contributed by atoms with E-state index in [0.717, 1.165) is 27.4 Å². The van der Waals surface area contributed by atoms with Crippen molar-refractivity contribution in [3.63, 3.8) is 0 Å². The van der Waals surface area contributed by atoms with E-state index < -0.39 is 28.5 Å². The number of anilines is 1. The van der Waals surface area contributed by atoms with Crippen LogP contribution in [0.1, 0.15) is 37.0 Å². The first kappa shape index (κ1) is 32.8. The number of hydrogen-bond donors (Lipinski definition) is 1. The van der Waals surface area contributed by atoms with Gasteiger partial charge in [0.05, 0.1) is 24.8 Å². The fourth-order valence-corrected chi connectivity index (χ4v) is 6.03. The highest BCUT2D eigenvalue weighted by molar-refractivity contribution is 7.92. The van der Waals surface area contributed by atoms with E-state index in [9.17, 15) is 18.0 Å². The number of carbonyl (C=O) groups is 2. The molecule has 0 heterocycles. The molecule has 0 radical (unpaired) electrons. The van der Waals surface area contributed by atoms with E-state index in [4.69, 9.17) is 21.1 Å². The van der Waals surface area contributed by atoms with Crippen LogP contribution in [0.25, 0.3) is 0 Å². The van der Waals surface area contributed by atoms with Gasteiger partial charge in [-0.1, -0.05) is 36.7 Å². The fraction of sp³-hybridized carbons (Fsp3) is 0.355. The van der Waals surface area contributed by atoms with Crippen molar-refractivity contribution < 1.29 is 27.5 Å². The summed E-state index contributed by atoms with van der Waals surface area (Å²) in [5.74, 6) is -0.283. The highest BCUT2D eigenvalue weighted by Gasteiger charge is 2.33. The van der Waals surface area contributed by atoms with Gasteiger partial charge in [0.25, 0.3) is 10.0 Å². The number of rotatable bonds is 13. The predicted molar refractivity (Wildman–Crippen MR) is 165 cm³/mol. The van der Waals surface area contributed by atoms with Gasteiger partial charge >= 0.3 is 0 Å². The molecule has 0 saturated heterocycles. The van der Waals surface area contributed by atoms with Crippen LogP contribution in [0.3, 0.4) is 0 Å². The fourth-order valence-electron chi connectivity index (χ4n) is 4.49. The number of nitrogens with one attached hydrogen (secondary N) is 1. The number of sulfonamides is 1. The molecule has 0 aliphatic heterocycles. The van der Waals surface area contributed by atoms with Crippen LogP contribution < -0.4 is 19.1 Å². The summed E-state index contributed by atoms with van der Waals surface area (Å²) in [6.07, 6.45) is 0.730. The molecule has 11 heteroatoms. The average Bonchev–Trinajstić information content (AvgIpc) is 2.96. The number of carbonyl (C=O) groups excluding carboxylic acids is 2. The van der Waals surface area contributed by atoms with Crippen LogP contribution in [0.15, 0.2) is 65.6 Å². The minimum atomic E-state index is -4.28. The van der Waals surface area contributed by atoms with E-state index in [1.54, 1.807) is 43.3 Å². The number of aryl methyl sites for hydroxylation is 2. The molecule has 42 heavy (non-hydrogen) atoms. The summed E-state index contributed by atoms with van der Waals surface area (Å²) in [5.41, 5.74) is 2.72. The Balaban J connectivity index is 2.09. The maximum atomic E-state index is 14.2. The Morgan fingerprint density at radius 2 is 1.55 bits per heavy atom. The lowest BCUT2D eigenvalue weighted by atomic mass is 10.1. The third kappa shape index (κ3) is 7.95. The van der Waals surface area contributed by atoms with Crippen molar-refractivity contribution in [1.82, 2.24) is 10.2 Å². The first-order chi connectivity index (χ1) is 19.9. The van der Waals surface area contributed by atoms with Gasteiger partial charge in [-0.05, 0) is 80.3 Å². The molecule has 0 aliphatic carbocycles. The van der Waals surface area contributed by atoms with Crippen LogP contribution >= 0.6 is 11.6 Å². The van der Waals surface area contributed by atoms with Crippen LogP contribution in [0.2, 0.25) is 5.02 Å². The van der Waals surface area contributed by atoms with Gasteiger partial charge in [-0.15, -0.1) is 0 Å². The molecule has 3 rings (SSSR count). The molecule has 0 fully saturated rings. The Bertz CT molecular complexity index is 1490. The van der Waals surface area contributed by atoms with Gasteiger partial charge in [0.2, 0.25) is 11.8 Å². The molecule has 0 spiro atoms. The molecule has 0 unspecified atom stereocenters. The van der Waals surface area contributed by atoms with Crippen LogP contribution in [0.4, 0.5) is 5.69 Å². The third-order valence-electron chi connectivity index (χ3n) is 6.70. The molecule has 0 aliphatic rings. The van der Waals surface area contributed by atoms with Crippen LogP contribution in [0.5, 0.6) is 11.5 Å². The minimum absolute atomic E-state index is 0.0772. The smallest absolute Gasteiger partial charge is 0.264 e. The molecule has 3 aromatic rings. The first-order valence-corrected chi connectivity index (χ1v) is 15.4. The van der Waals surface area contributed by atoms with Gasteiger partial charge in [-0.3, -0.25) is 13.9 Å². The lowest BCUT2D eigenvalue weighted by Gasteiger charge is -2.32. The van der Waals surface area contributed by atoms with Crippen molar-refractivity contribution in [3.8, 4) is 11.5 Å². The molecular formula is C31H38ClN3O6S. The molecular weight excluding hydrogens is 578 g/mol. The Morgan fingerprint density at radius 3 is 2.12 bits per heavy atom. The second-order valence-electron chi connectivity index (χ2n) is 9.99. The van der Waals surface area contributed by atoms with Crippen LogP contribution in [-0.4, -0.2) is 58.5 Å². The average molecular weight is 616 g/mol. The molecule has 1 atom stereocenters. The lowest BCUT2D eigenvalue weighted by molar-refractivity contribution is -0.139. The molecule has 0 aromatic heterocycles. The predicted octanol–water partition coefficient (Wildman–Crippen LogP) is 5.11. The first-order valence-electron chi connectivity index (χ1n) is 13.6. The zero-order valence-electron chi connectivity index (χ0n) is 24.8. The topological polar surface area (TPSA) is 105 Å². The van der Waals surface area contributed by atoms with Gasteiger partial charge in [-0.2, -0.15) is 0 Å². The van der Waals surface area contributed by atoms with E-state index in [2.05, 4.69) is 5.32 Å². The Hall–Kier alpha value is -3.76. The largest absolute Gasteiger partial charge is 0.493 e. The summed E-state index contributed by atoms with van der Waals surface area (Å²) < 4.78 is 40.1. The Kier molecular flexibility index (Phi) is 11.2. The van der Waals surface area contributed by atoms with Crippen molar-refractivity contribution in [1.29, 1.82) is 0 Å². The number of benzene rings is 3.